The number of rotatable bonds is 5. The highest BCUT2D eigenvalue weighted by Gasteiger charge is 2.14. The largest absolute Gasteiger partial charge is 0.481 e. The van der Waals surface area contributed by atoms with E-state index in [-0.39, 0.29) is 0 Å². The van der Waals surface area contributed by atoms with E-state index in [1.807, 2.05) is 6.07 Å². The summed E-state index contributed by atoms with van der Waals surface area (Å²) in [4.78, 5) is 10.3. The molecule has 96 valence electrons. The lowest BCUT2D eigenvalue weighted by molar-refractivity contribution is -0.136. The van der Waals surface area contributed by atoms with Gasteiger partial charge in [-0.1, -0.05) is 6.07 Å². The lowest BCUT2D eigenvalue weighted by Crippen LogP contribution is -2.19. The Morgan fingerprint density at radius 3 is 2.72 bits per heavy atom. The van der Waals surface area contributed by atoms with Crippen LogP contribution in [-0.2, 0) is 14.8 Å². The molecule has 18 heavy (non-hydrogen) atoms. The third kappa shape index (κ3) is 4.07. The first-order chi connectivity index (χ1) is 8.34. The van der Waals surface area contributed by atoms with E-state index in [0.29, 0.717) is 16.8 Å². The first-order valence-corrected chi connectivity index (χ1v) is 6.72. The molecule has 0 fully saturated rings. The number of nitrogens with one attached hydrogen (secondary N) is 1. The molecule has 0 spiro atoms. The number of sulfonamides is 1. The molecule has 0 aliphatic rings. The van der Waals surface area contributed by atoms with E-state index in [0.717, 1.165) is 0 Å². The Kier molecular flexibility index (Phi) is 4.28. The number of nitriles is 1. The summed E-state index contributed by atoms with van der Waals surface area (Å²) in [7, 11) is -3.72. The molecule has 0 bridgehead atoms. The molecule has 0 saturated carbocycles. The molecule has 1 aromatic rings. The number of aryl methyl sites for hydroxylation is 1. The summed E-state index contributed by atoms with van der Waals surface area (Å²) in [5, 5.41) is 17.2. The van der Waals surface area contributed by atoms with Crippen molar-refractivity contribution in [2.45, 2.75) is 13.3 Å². The molecular formula is C11H12N2O4S. The standard InChI is InChI=1S/C11H12N2O4S/c1-8-2-3-9(7-12)6-10(8)13-18(16,17)5-4-11(14)15/h2-3,6,13H,4-5H2,1H3,(H,14,15). The van der Waals surface area contributed by atoms with Crippen molar-refractivity contribution < 1.29 is 18.3 Å². The average Bonchev–Trinajstić information content (AvgIpc) is 2.29. The van der Waals surface area contributed by atoms with E-state index >= 15 is 0 Å². The van der Waals surface area contributed by atoms with Crippen LogP contribution in [0.25, 0.3) is 0 Å². The monoisotopic (exact) mass is 268 g/mol. The van der Waals surface area contributed by atoms with Gasteiger partial charge in [0.15, 0.2) is 0 Å². The summed E-state index contributed by atoms with van der Waals surface area (Å²) in [5.41, 5.74) is 1.28. The number of carboxylic acid groups (broad SMARTS) is 1. The van der Waals surface area contributed by atoms with Crippen LogP contribution in [-0.4, -0.2) is 25.2 Å². The predicted octanol–water partition coefficient (Wildman–Crippen LogP) is 1.08. The van der Waals surface area contributed by atoms with Gasteiger partial charge in [0, 0.05) is 0 Å². The van der Waals surface area contributed by atoms with Crippen LogP contribution in [0.5, 0.6) is 0 Å². The summed E-state index contributed by atoms with van der Waals surface area (Å²) in [6.45, 7) is 1.69. The van der Waals surface area contributed by atoms with Crippen LogP contribution in [0, 0.1) is 18.3 Å². The highest BCUT2D eigenvalue weighted by Crippen LogP contribution is 2.18. The van der Waals surface area contributed by atoms with E-state index in [1.165, 1.54) is 6.07 Å². The SMILES string of the molecule is Cc1ccc(C#N)cc1NS(=O)(=O)CCC(=O)O. The van der Waals surface area contributed by atoms with Gasteiger partial charge >= 0.3 is 5.97 Å². The number of anilines is 1. The van der Waals surface area contributed by atoms with E-state index in [4.69, 9.17) is 10.4 Å². The number of carbonyl (C=O) groups is 1. The van der Waals surface area contributed by atoms with Crippen LogP contribution in [0.2, 0.25) is 0 Å². The minimum atomic E-state index is -3.72. The molecule has 0 aliphatic carbocycles. The van der Waals surface area contributed by atoms with Crippen LogP contribution in [0.1, 0.15) is 17.5 Å². The Balaban J connectivity index is 2.90. The molecule has 0 aromatic heterocycles. The second kappa shape index (κ2) is 5.51. The number of nitrogens with zero attached hydrogens (tertiary/aromatic N) is 1. The molecule has 0 saturated heterocycles. The highest BCUT2D eigenvalue weighted by atomic mass is 32.2. The van der Waals surface area contributed by atoms with Crippen LogP contribution in [0.15, 0.2) is 18.2 Å². The van der Waals surface area contributed by atoms with Gasteiger partial charge < -0.3 is 5.11 Å². The maximum Gasteiger partial charge on any atom is 0.304 e. The zero-order chi connectivity index (χ0) is 13.8. The van der Waals surface area contributed by atoms with E-state index in [9.17, 15) is 13.2 Å². The fourth-order valence-electron chi connectivity index (χ4n) is 1.24. The number of hydrogen-bond acceptors (Lipinski definition) is 4. The van der Waals surface area contributed by atoms with Crippen molar-refractivity contribution in [3.8, 4) is 6.07 Å². The summed E-state index contributed by atoms with van der Waals surface area (Å²) in [6, 6.07) is 6.50. The second-order valence-corrected chi connectivity index (χ2v) is 5.55. The Morgan fingerprint density at radius 1 is 1.50 bits per heavy atom. The van der Waals surface area contributed by atoms with Crippen LogP contribution < -0.4 is 4.72 Å². The summed E-state index contributed by atoms with van der Waals surface area (Å²) >= 11 is 0. The normalized spacial score (nSPS) is 10.7. The smallest absolute Gasteiger partial charge is 0.304 e. The van der Waals surface area contributed by atoms with Gasteiger partial charge in [-0.25, -0.2) is 8.42 Å². The fraction of sp³-hybridized carbons (Fsp3) is 0.273. The molecule has 0 unspecified atom stereocenters. The molecule has 1 rings (SSSR count). The zero-order valence-electron chi connectivity index (χ0n) is 9.67. The molecule has 0 heterocycles. The maximum atomic E-state index is 11.6. The third-order valence-electron chi connectivity index (χ3n) is 2.22. The lowest BCUT2D eigenvalue weighted by Gasteiger charge is -2.09. The first kappa shape index (κ1) is 14.0. The molecule has 0 atom stereocenters. The Bertz CT molecular complexity index is 602. The first-order valence-electron chi connectivity index (χ1n) is 5.07. The topological polar surface area (TPSA) is 107 Å². The van der Waals surface area contributed by atoms with Crippen LogP contribution >= 0.6 is 0 Å². The molecule has 2 N–H and O–H groups in total. The van der Waals surface area contributed by atoms with Crippen molar-refractivity contribution in [1.82, 2.24) is 0 Å². The van der Waals surface area contributed by atoms with E-state index in [1.54, 1.807) is 19.1 Å². The minimum absolute atomic E-state index is 0.291. The Morgan fingerprint density at radius 2 is 2.17 bits per heavy atom. The molecule has 1 aromatic carbocycles. The minimum Gasteiger partial charge on any atom is -0.481 e. The second-order valence-electron chi connectivity index (χ2n) is 3.71. The number of benzene rings is 1. The number of carboxylic acids is 1. The van der Waals surface area contributed by atoms with Crippen molar-refractivity contribution in [2.24, 2.45) is 0 Å². The highest BCUT2D eigenvalue weighted by molar-refractivity contribution is 7.92. The Labute approximate surface area is 105 Å². The van der Waals surface area contributed by atoms with E-state index in [2.05, 4.69) is 4.72 Å². The van der Waals surface area contributed by atoms with Gasteiger partial charge in [0.2, 0.25) is 10.0 Å². The van der Waals surface area contributed by atoms with Gasteiger partial charge in [-0.15, -0.1) is 0 Å². The number of hydrogen-bond donors (Lipinski definition) is 2. The van der Waals surface area contributed by atoms with Crippen molar-refractivity contribution in [1.29, 1.82) is 5.26 Å². The van der Waals surface area contributed by atoms with Crippen molar-refractivity contribution in [3.63, 3.8) is 0 Å². The fourth-order valence-corrected chi connectivity index (χ4v) is 2.34. The van der Waals surface area contributed by atoms with Gasteiger partial charge in [-0.3, -0.25) is 9.52 Å². The lowest BCUT2D eigenvalue weighted by atomic mass is 10.1. The van der Waals surface area contributed by atoms with Crippen molar-refractivity contribution >= 4 is 21.7 Å². The van der Waals surface area contributed by atoms with Crippen LogP contribution in [0.4, 0.5) is 5.69 Å². The predicted molar refractivity (Wildman–Crippen MR) is 65.6 cm³/mol. The molecular weight excluding hydrogens is 256 g/mol. The van der Waals surface area contributed by atoms with Gasteiger partial charge in [0.25, 0.3) is 0 Å². The number of aliphatic carboxylic acids is 1. The van der Waals surface area contributed by atoms with Gasteiger partial charge in [-0.05, 0) is 24.6 Å². The van der Waals surface area contributed by atoms with Crippen molar-refractivity contribution in [3.05, 3.63) is 29.3 Å². The molecule has 0 aliphatic heterocycles. The van der Waals surface area contributed by atoms with Gasteiger partial charge in [-0.2, -0.15) is 5.26 Å². The molecule has 7 heteroatoms. The summed E-state index contributed by atoms with van der Waals surface area (Å²) < 4.78 is 25.5. The van der Waals surface area contributed by atoms with Gasteiger partial charge in [0.1, 0.15) is 0 Å². The van der Waals surface area contributed by atoms with Gasteiger partial charge in [0.05, 0.1) is 29.5 Å². The Hall–Kier alpha value is -2.07. The van der Waals surface area contributed by atoms with E-state index < -0.39 is 28.2 Å². The molecule has 0 amide bonds. The quantitative estimate of drug-likeness (QED) is 0.831. The summed E-state index contributed by atoms with van der Waals surface area (Å²) in [5.74, 6) is -1.68. The molecule has 6 nitrogen and oxygen atoms in total. The zero-order valence-corrected chi connectivity index (χ0v) is 10.5. The third-order valence-corrected chi connectivity index (χ3v) is 3.49. The maximum absolute atomic E-state index is 11.6. The average molecular weight is 268 g/mol. The molecule has 0 radical (unpaired) electrons. The van der Waals surface area contributed by atoms with Crippen LogP contribution in [0.3, 0.4) is 0 Å². The summed E-state index contributed by atoms with van der Waals surface area (Å²) in [6.07, 6.45) is -0.466. The van der Waals surface area contributed by atoms with Crippen molar-refractivity contribution in [2.75, 3.05) is 10.5 Å².